The van der Waals surface area contributed by atoms with E-state index >= 15 is 0 Å². The fraction of sp³-hybridized carbons (Fsp3) is 0.385. The first-order valence-corrected chi connectivity index (χ1v) is 16.4. The predicted octanol–water partition coefficient (Wildman–Crippen LogP) is 6.09. The fourth-order valence-electron chi connectivity index (χ4n) is 6.51. The predicted molar refractivity (Wildman–Crippen MR) is 187 cm³/mol. The Morgan fingerprint density at radius 3 is 1.55 bits per heavy atom. The third kappa shape index (κ3) is 7.18. The van der Waals surface area contributed by atoms with Crippen molar-refractivity contribution < 1.29 is 56.8 Å². The van der Waals surface area contributed by atoms with Crippen molar-refractivity contribution >= 4 is 0 Å². The van der Waals surface area contributed by atoms with Crippen molar-refractivity contribution in [3.05, 3.63) is 83.9 Å². The van der Waals surface area contributed by atoms with Crippen LogP contribution in [0.3, 0.4) is 0 Å². The smallest absolute Gasteiger partial charge is 0.204 e. The highest BCUT2D eigenvalue weighted by molar-refractivity contribution is 5.91. The van der Waals surface area contributed by atoms with E-state index in [2.05, 4.69) is 0 Å². The molecule has 4 aromatic carbocycles. The minimum absolute atomic E-state index is 0.0251. The molecule has 2 aliphatic heterocycles. The van der Waals surface area contributed by atoms with Gasteiger partial charge in [-0.3, -0.25) is 0 Å². The van der Waals surface area contributed by atoms with Crippen LogP contribution in [0.2, 0.25) is 0 Å². The Balaban J connectivity index is 1.54. The first kappa shape index (κ1) is 35.9. The van der Waals surface area contributed by atoms with Crippen LogP contribution in [0.4, 0.5) is 0 Å². The van der Waals surface area contributed by atoms with Gasteiger partial charge in [0.2, 0.25) is 11.5 Å². The van der Waals surface area contributed by atoms with Gasteiger partial charge in [0.25, 0.3) is 0 Å². The van der Waals surface area contributed by atoms with Crippen LogP contribution in [0.15, 0.2) is 72.8 Å². The second kappa shape index (κ2) is 16.4. The summed E-state index contributed by atoms with van der Waals surface area (Å²) in [5, 5.41) is 0. The van der Waals surface area contributed by atoms with Gasteiger partial charge in [0.15, 0.2) is 35.4 Å². The van der Waals surface area contributed by atoms with Gasteiger partial charge in [-0.15, -0.1) is 0 Å². The highest BCUT2D eigenvalue weighted by atomic mass is 16.7. The molecule has 4 aromatic rings. The summed E-state index contributed by atoms with van der Waals surface area (Å²) < 4.78 is 74.7. The number of benzene rings is 4. The van der Waals surface area contributed by atoms with Crippen LogP contribution >= 0.6 is 0 Å². The van der Waals surface area contributed by atoms with Crippen molar-refractivity contribution in [3.63, 3.8) is 0 Å². The van der Waals surface area contributed by atoms with Crippen molar-refractivity contribution in [2.45, 2.75) is 43.9 Å². The normalized spacial score (nSPS) is 20.8. The molecule has 0 unspecified atom stereocenters. The van der Waals surface area contributed by atoms with E-state index in [0.717, 1.165) is 11.1 Å². The maximum Gasteiger partial charge on any atom is 0.204 e. The lowest BCUT2D eigenvalue weighted by Crippen LogP contribution is -2.62. The first-order valence-electron chi connectivity index (χ1n) is 16.4. The van der Waals surface area contributed by atoms with Gasteiger partial charge in [-0.1, -0.05) is 60.7 Å². The molecule has 12 nitrogen and oxygen atoms in total. The second-order valence-electron chi connectivity index (χ2n) is 11.7. The molecule has 1 fully saturated rings. The number of hydrogen-bond acceptors (Lipinski definition) is 12. The summed E-state index contributed by atoms with van der Waals surface area (Å²) in [6.07, 6.45) is -3.79. The van der Waals surface area contributed by atoms with Crippen molar-refractivity contribution in [2.75, 3.05) is 56.4 Å². The Morgan fingerprint density at radius 2 is 1.06 bits per heavy atom. The molecule has 272 valence electrons. The lowest BCUT2D eigenvalue weighted by atomic mass is 9.97. The lowest BCUT2D eigenvalue weighted by molar-refractivity contribution is -0.308. The van der Waals surface area contributed by atoms with Crippen molar-refractivity contribution in [1.82, 2.24) is 0 Å². The molecule has 0 spiro atoms. The zero-order valence-electron chi connectivity index (χ0n) is 29.8. The van der Waals surface area contributed by atoms with Gasteiger partial charge in [0.05, 0.1) is 67.0 Å². The van der Waals surface area contributed by atoms with Crippen LogP contribution in [-0.4, -0.2) is 87.1 Å². The largest absolute Gasteiger partial charge is 0.493 e. The van der Waals surface area contributed by atoms with Crippen LogP contribution in [0.1, 0.15) is 11.1 Å². The van der Waals surface area contributed by atoms with Crippen LogP contribution in [-0.2, 0) is 32.2 Å². The second-order valence-corrected chi connectivity index (χ2v) is 11.7. The maximum absolute atomic E-state index is 7.06. The minimum Gasteiger partial charge on any atom is -0.493 e. The van der Waals surface area contributed by atoms with Crippen molar-refractivity contribution in [3.8, 4) is 57.1 Å². The zero-order valence-corrected chi connectivity index (χ0v) is 29.8. The summed E-state index contributed by atoms with van der Waals surface area (Å²) in [5.41, 5.74) is 2.89. The van der Waals surface area contributed by atoms with E-state index in [1.165, 1.54) is 35.5 Å². The highest BCUT2D eigenvalue weighted by Gasteiger charge is 2.51. The summed E-state index contributed by atoms with van der Waals surface area (Å²) in [7, 11) is 10.8. The maximum atomic E-state index is 7.06. The third-order valence-electron chi connectivity index (χ3n) is 8.90. The first-order chi connectivity index (χ1) is 25.0. The van der Waals surface area contributed by atoms with Crippen LogP contribution < -0.4 is 37.9 Å². The molecule has 0 radical (unpaired) electrons. The number of fused-ring (bicyclic) bond motifs is 4. The minimum atomic E-state index is -0.831. The molecule has 1 saturated heterocycles. The van der Waals surface area contributed by atoms with E-state index in [4.69, 9.17) is 56.8 Å². The van der Waals surface area contributed by atoms with Gasteiger partial charge < -0.3 is 56.8 Å². The van der Waals surface area contributed by atoms with Crippen LogP contribution in [0.5, 0.6) is 46.0 Å². The Kier molecular flexibility index (Phi) is 11.6. The molecule has 0 bridgehead atoms. The van der Waals surface area contributed by atoms with Gasteiger partial charge in [-0.2, -0.15) is 0 Å². The Morgan fingerprint density at radius 1 is 0.569 bits per heavy atom. The SMILES string of the molecule is COc1cc2c(c(OC)c1OC)-c1c(cc(OC)c(OC)c1OC)O[C@H]1[C@H](OCc3ccccc3)[C@@H](OCc3ccccc3)[C@@H](OC)O[C@@H]1CO2. The Labute approximate surface area is 297 Å². The Bertz CT molecular complexity index is 1750. The molecular formula is C39H44O12. The summed E-state index contributed by atoms with van der Waals surface area (Å²) in [6, 6.07) is 23.2. The molecule has 0 N–H and O–H groups in total. The van der Waals surface area contributed by atoms with Gasteiger partial charge >= 0.3 is 0 Å². The lowest BCUT2D eigenvalue weighted by Gasteiger charge is -2.45. The average Bonchev–Trinajstić information content (AvgIpc) is 3.24. The molecule has 12 heteroatoms. The Hall–Kier alpha value is -4.88. The molecule has 2 heterocycles. The number of ether oxygens (including phenoxy) is 12. The molecular weight excluding hydrogens is 660 g/mol. The van der Waals surface area contributed by atoms with Gasteiger partial charge in [0, 0.05) is 19.2 Å². The molecule has 6 rings (SSSR count). The van der Waals surface area contributed by atoms with E-state index in [0.29, 0.717) is 57.1 Å². The molecule has 0 aromatic heterocycles. The van der Waals surface area contributed by atoms with E-state index in [1.807, 2.05) is 60.7 Å². The molecule has 2 aliphatic rings. The molecule has 51 heavy (non-hydrogen) atoms. The summed E-state index contributed by atoms with van der Waals surface area (Å²) in [6.45, 7) is 0.577. The van der Waals surface area contributed by atoms with E-state index in [1.54, 1.807) is 26.4 Å². The number of methoxy groups -OCH3 is 7. The number of hydrogen-bond donors (Lipinski definition) is 0. The summed E-state index contributed by atoms with van der Waals surface area (Å²) in [4.78, 5) is 0. The zero-order chi connectivity index (χ0) is 35.9. The standard InChI is InChI=1S/C39H44O12/c1-40-27-18-25-30(35(44-5)32(27)42-3)31-26(19-28(41-2)33(43-4)36(31)45-6)50-34-29(22-47-25)51-39(46-7)38(49-21-24-16-12-9-13-17-24)37(34)48-20-23-14-10-8-11-15-23/h8-19,29,34,37-39H,20-22H2,1-7H3/t29-,34-,37+,38-,39+/m1/s1. The van der Waals surface area contributed by atoms with Gasteiger partial charge in [-0.05, 0) is 11.1 Å². The topological polar surface area (TPSA) is 111 Å². The van der Waals surface area contributed by atoms with E-state index < -0.39 is 30.7 Å². The summed E-state index contributed by atoms with van der Waals surface area (Å²) >= 11 is 0. The number of rotatable bonds is 13. The van der Waals surface area contributed by atoms with Crippen LogP contribution in [0, 0.1) is 0 Å². The molecule has 0 aliphatic carbocycles. The van der Waals surface area contributed by atoms with Gasteiger partial charge in [-0.25, -0.2) is 0 Å². The molecule has 0 saturated carbocycles. The fourth-order valence-corrected chi connectivity index (χ4v) is 6.51. The van der Waals surface area contributed by atoms with E-state index in [-0.39, 0.29) is 19.8 Å². The average molecular weight is 705 g/mol. The van der Waals surface area contributed by atoms with Gasteiger partial charge in [0.1, 0.15) is 36.4 Å². The van der Waals surface area contributed by atoms with E-state index in [9.17, 15) is 0 Å². The highest BCUT2D eigenvalue weighted by Crippen LogP contribution is 2.59. The molecule has 0 amide bonds. The van der Waals surface area contributed by atoms with Crippen LogP contribution in [0.25, 0.3) is 11.1 Å². The van der Waals surface area contributed by atoms with Crippen molar-refractivity contribution in [1.29, 1.82) is 0 Å². The third-order valence-corrected chi connectivity index (χ3v) is 8.90. The van der Waals surface area contributed by atoms with Crippen molar-refractivity contribution in [2.24, 2.45) is 0 Å². The molecule has 5 atom stereocenters. The summed E-state index contributed by atoms with van der Waals surface area (Å²) in [5.74, 6) is 2.82. The quantitative estimate of drug-likeness (QED) is 0.161. The monoisotopic (exact) mass is 704 g/mol.